The number of carbonyl (C=O) groups is 1. The highest BCUT2D eigenvalue weighted by atomic mass is 32.2. The quantitative estimate of drug-likeness (QED) is 0.215. The summed E-state index contributed by atoms with van der Waals surface area (Å²) in [7, 11) is -4.25. The summed E-state index contributed by atoms with van der Waals surface area (Å²) < 4.78 is 84.7. The van der Waals surface area contributed by atoms with Crippen LogP contribution in [0.2, 0.25) is 0 Å². The van der Waals surface area contributed by atoms with Gasteiger partial charge in [0.05, 0.1) is 17.1 Å². The Morgan fingerprint density at radius 3 is 2.53 bits per heavy atom. The molecule has 2 heterocycles. The van der Waals surface area contributed by atoms with Crippen LogP contribution in [0.4, 0.5) is 13.2 Å². The number of rotatable bonds is 8. The molecule has 2 saturated heterocycles. The van der Waals surface area contributed by atoms with Gasteiger partial charge in [0.15, 0.2) is 0 Å². The molecule has 0 saturated carbocycles. The SMILES string of the molecule is C=CC/C=C(\C(C(=O)NO)=C1\OCCOC1C)S(=O)(=O)N1CCC(Oc2ccc(C(F)(F)F)c(C)c2)CC1. The lowest BCUT2D eigenvalue weighted by atomic mass is 10.1. The third-order valence-corrected chi connectivity index (χ3v) is 8.17. The molecule has 1 unspecified atom stereocenters. The number of amides is 1. The number of ether oxygens (including phenoxy) is 3. The van der Waals surface area contributed by atoms with Crippen molar-refractivity contribution in [3.8, 4) is 5.75 Å². The summed E-state index contributed by atoms with van der Waals surface area (Å²) in [5.41, 5.74) is 0.412. The molecule has 2 aliphatic rings. The topological polar surface area (TPSA) is 114 Å². The van der Waals surface area contributed by atoms with E-state index in [1.807, 2.05) is 0 Å². The minimum Gasteiger partial charge on any atom is -0.492 e. The van der Waals surface area contributed by atoms with Gasteiger partial charge in [-0.2, -0.15) is 17.5 Å². The molecular weight excluding hydrogens is 529 g/mol. The molecule has 1 atom stereocenters. The summed E-state index contributed by atoms with van der Waals surface area (Å²) in [6, 6.07) is 3.51. The van der Waals surface area contributed by atoms with Crippen molar-refractivity contribution < 1.29 is 45.8 Å². The molecule has 2 fully saturated rings. The number of nitrogens with one attached hydrogen (secondary N) is 1. The highest BCUT2D eigenvalue weighted by molar-refractivity contribution is 7.93. The van der Waals surface area contributed by atoms with E-state index in [4.69, 9.17) is 14.2 Å². The average Bonchev–Trinajstić information content (AvgIpc) is 2.86. The highest BCUT2D eigenvalue weighted by Crippen LogP contribution is 2.35. The van der Waals surface area contributed by atoms with Crippen molar-refractivity contribution in [2.45, 2.75) is 51.5 Å². The maximum atomic E-state index is 13.7. The molecule has 38 heavy (non-hydrogen) atoms. The predicted octanol–water partition coefficient (Wildman–Crippen LogP) is 3.84. The number of alkyl halides is 3. The molecule has 1 amide bonds. The number of sulfonamides is 1. The normalized spacial score (nSPS) is 21.4. The molecule has 2 N–H and O–H groups in total. The van der Waals surface area contributed by atoms with E-state index >= 15 is 0 Å². The lowest BCUT2D eigenvalue weighted by molar-refractivity contribution is -0.138. The number of halogens is 3. The lowest BCUT2D eigenvalue weighted by Gasteiger charge is -2.33. The van der Waals surface area contributed by atoms with Gasteiger partial charge in [0.25, 0.3) is 5.91 Å². The van der Waals surface area contributed by atoms with Gasteiger partial charge in [-0.15, -0.1) is 6.58 Å². The molecule has 0 radical (unpaired) electrons. The van der Waals surface area contributed by atoms with E-state index < -0.39 is 39.9 Å². The first-order valence-electron chi connectivity index (χ1n) is 12.0. The third-order valence-electron chi connectivity index (χ3n) is 6.19. The highest BCUT2D eigenvalue weighted by Gasteiger charge is 2.38. The zero-order chi connectivity index (χ0) is 28.1. The predicted molar refractivity (Wildman–Crippen MR) is 132 cm³/mol. The number of hydroxylamine groups is 1. The molecule has 1 aromatic rings. The molecule has 1 aromatic carbocycles. The van der Waals surface area contributed by atoms with Crippen LogP contribution >= 0.6 is 0 Å². The number of allylic oxidation sites excluding steroid dienone is 2. The van der Waals surface area contributed by atoms with Crippen LogP contribution in [0.1, 0.15) is 37.3 Å². The van der Waals surface area contributed by atoms with E-state index in [1.165, 1.54) is 41.0 Å². The second-order valence-corrected chi connectivity index (χ2v) is 10.7. The van der Waals surface area contributed by atoms with Crippen LogP contribution in [0.5, 0.6) is 5.75 Å². The Morgan fingerprint density at radius 2 is 1.97 bits per heavy atom. The molecular formula is C25H31F3N2O7S. The van der Waals surface area contributed by atoms with Gasteiger partial charge in [-0.1, -0.05) is 12.2 Å². The smallest absolute Gasteiger partial charge is 0.416 e. The van der Waals surface area contributed by atoms with Crippen molar-refractivity contribution in [2.75, 3.05) is 26.3 Å². The standard InChI is InChI=1S/C25H31F3N2O7S/c1-4-5-6-21(22(24(31)29-32)23-17(3)35-13-14-36-23)38(33,34)30-11-9-18(10-12-30)37-19-7-8-20(16(2)15-19)25(26,27)28/h4,6-8,15,17-18,32H,1,5,9-14H2,2-3H3,(H,29,31)/b21-6+,23-22-. The first kappa shape index (κ1) is 29.7. The Labute approximate surface area is 219 Å². The van der Waals surface area contributed by atoms with Crippen LogP contribution in [-0.2, 0) is 30.5 Å². The van der Waals surface area contributed by atoms with Gasteiger partial charge in [0.2, 0.25) is 10.0 Å². The number of benzene rings is 1. The van der Waals surface area contributed by atoms with Crippen LogP contribution in [0.25, 0.3) is 0 Å². The Balaban J connectivity index is 1.82. The third kappa shape index (κ3) is 6.76. The molecule has 210 valence electrons. The van der Waals surface area contributed by atoms with Crippen LogP contribution < -0.4 is 10.2 Å². The van der Waals surface area contributed by atoms with E-state index in [0.29, 0.717) is 0 Å². The molecule has 0 bridgehead atoms. The van der Waals surface area contributed by atoms with E-state index in [9.17, 15) is 31.6 Å². The molecule has 0 aliphatic carbocycles. The zero-order valence-electron chi connectivity index (χ0n) is 21.1. The molecule has 9 nitrogen and oxygen atoms in total. The Morgan fingerprint density at radius 1 is 1.29 bits per heavy atom. The van der Waals surface area contributed by atoms with Crippen LogP contribution in [0.15, 0.2) is 53.2 Å². The van der Waals surface area contributed by atoms with Crippen LogP contribution in [-0.4, -0.2) is 62.3 Å². The monoisotopic (exact) mass is 560 g/mol. The first-order valence-corrected chi connectivity index (χ1v) is 13.4. The largest absolute Gasteiger partial charge is 0.492 e. The van der Waals surface area contributed by atoms with Crippen molar-refractivity contribution >= 4 is 15.9 Å². The zero-order valence-corrected chi connectivity index (χ0v) is 21.9. The summed E-state index contributed by atoms with van der Waals surface area (Å²) in [4.78, 5) is 12.3. The van der Waals surface area contributed by atoms with Crippen molar-refractivity contribution in [3.05, 3.63) is 64.3 Å². The van der Waals surface area contributed by atoms with E-state index in [2.05, 4.69) is 6.58 Å². The van der Waals surface area contributed by atoms with E-state index in [0.717, 1.165) is 6.07 Å². The summed E-state index contributed by atoms with van der Waals surface area (Å²) >= 11 is 0. The fourth-order valence-corrected chi connectivity index (χ4v) is 6.05. The molecule has 3 rings (SSSR count). The van der Waals surface area contributed by atoms with Gasteiger partial charge in [-0.25, -0.2) is 13.9 Å². The van der Waals surface area contributed by atoms with Gasteiger partial charge in [-0.05, 0) is 56.9 Å². The maximum Gasteiger partial charge on any atom is 0.416 e. The number of carbonyl (C=O) groups excluding carboxylic acids is 1. The molecule has 0 spiro atoms. The van der Waals surface area contributed by atoms with Crippen molar-refractivity contribution in [2.24, 2.45) is 0 Å². The van der Waals surface area contributed by atoms with Crippen molar-refractivity contribution in [3.63, 3.8) is 0 Å². The second kappa shape index (κ2) is 12.3. The second-order valence-electron chi connectivity index (χ2n) is 8.83. The van der Waals surface area contributed by atoms with Crippen LogP contribution in [0, 0.1) is 6.92 Å². The van der Waals surface area contributed by atoms with Crippen molar-refractivity contribution in [1.82, 2.24) is 9.79 Å². The molecule has 2 aliphatic heterocycles. The number of aryl methyl sites for hydroxylation is 1. The summed E-state index contributed by atoms with van der Waals surface area (Å²) in [6.07, 6.45) is -2.19. The molecule has 13 heteroatoms. The van der Waals surface area contributed by atoms with Gasteiger partial charge in [0.1, 0.15) is 35.9 Å². The average molecular weight is 561 g/mol. The van der Waals surface area contributed by atoms with Gasteiger partial charge in [0, 0.05) is 13.1 Å². The fourth-order valence-electron chi connectivity index (χ4n) is 4.32. The fraction of sp³-hybridized carbons (Fsp3) is 0.480. The summed E-state index contributed by atoms with van der Waals surface area (Å²) in [5.74, 6) is -0.817. The van der Waals surface area contributed by atoms with Gasteiger partial charge in [-0.3, -0.25) is 10.0 Å². The number of nitrogens with zero attached hydrogens (tertiary/aromatic N) is 1. The molecule has 0 aromatic heterocycles. The number of hydrogen-bond acceptors (Lipinski definition) is 7. The lowest BCUT2D eigenvalue weighted by Crippen LogP contribution is -2.43. The Bertz CT molecular complexity index is 1200. The maximum absolute atomic E-state index is 13.7. The number of piperidine rings is 1. The summed E-state index contributed by atoms with van der Waals surface area (Å²) in [5, 5.41) is 9.36. The summed E-state index contributed by atoms with van der Waals surface area (Å²) in [6.45, 7) is 6.97. The van der Waals surface area contributed by atoms with E-state index in [-0.39, 0.29) is 73.1 Å². The van der Waals surface area contributed by atoms with Gasteiger partial charge < -0.3 is 14.2 Å². The van der Waals surface area contributed by atoms with E-state index in [1.54, 1.807) is 6.92 Å². The Kier molecular flexibility index (Phi) is 9.63. The Hall–Kier alpha value is -2.87. The van der Waals surface area contributed by atoms with Crippen molar-refractivity contribution in [1.29, 1.82) is 0 Å². The number of hydrogen-bond donors (Lipinski definition) is 2. The van der Waals surface area contributed by atoms with Crippen LogP contribution in [0.3, 0.4) is 0 Å². The minimum atomic E-state index is -4.47. The minimum absolute atomic E-state index is 0.0161. The van der Waals surface area contributed by atoms with Gasteiger partial charge >= 0.3 is 6.18 Å². The first-order chi connectivity index (χ1) is 17.9.